The van der Waals surface area contributed by atoms with Crippen LogP contribution in [0, 0.1) is 0 Å². The van der Waals surface area contributed by atoms with Crippen molar-refractivity contribution in [3.05, 3.63) is 63.1 Å². The van der Waals surface area contributed by atoms with Gasteiger partial charge in [-0.2, -0.15) is 0 Å². The molecule has 0 fully saturated rings. The van der Waals surface area contributed by atoms with Crippen molar-refractivity contribution in [2.45, 2.75) is 13.3 Å². The first-order valence-electron chi connectivity index (χ1n) is 6.30. The summed E-state index contributed by atoms with van der Waals surface area (Å²) in [6, 6.07) is 12.8. The summed E-state index contributed by atoms with van der Waals surface area (Å²) in [7, 11) is 0. The molecule has 0 radical (unpaired) electrons. The van der Waals surface area contributed by atoms with Crippen LogP contribution in [0.5, 0.6) is 5.75 Å². The molecule has 0 saturated carbocycles. The standard InChI is InChI=1S/C16H14BrClO2/c1-2-20-12-7-8-13(14(17)10-12)16(19)9-11-5-3-4-6-15(11)18/h3-8,10H,2,9H2,1H3. The van der Waals surface area contributed by atoms with Crippen LogP contribution >= 0.6 is 27.5 Å². The second-order valence-electron chi connectivity index (χ2n) is 4.27. The smallest absolute Gasteiger partial charge is 0.168 e. The molecule has 0 N–H and O–H groups in total. The lowest BCUT2D eigenvalue weighted by molar-refractivity contribution is 0.0992. The zero-order chi connectivity index (χ0) is 14.5. The molecule has 0 heterocycles. The second kappa shape index (κ2) is 6.91. The number of rotatable bonds is 5. The number of benzene rings is 2. The lowest BCUT2D eigenvalue weighted by Crippen LogP contribution is -2.05. The number of carbonyl (C=O) groups excluding carboxylic acids is 1. The van der Waals surface area contributed by atoms with Crippen LogP contribution < -0.4 is 4.74 Å². The second-order valence-corrected chi connectivity index (χ2v) is 5.53. The van der Waals surface area contributed by atoms with Gasteiger partial charge in [-0.15, -0.1) is 0 Å². The predicted octanol–water partition coefficient (Wildman–Crippen LogP) is 4.93. The molecule has 0 spiro atoms. The van der Waals surface area contributed by atoms with E-state index in [0.29, 0.717) is 17.2 Å². The van der Waals surface area contributed by atoms with Gasteiger partial charge < -0.3 is 4.74 Å². The molecule has 2 rings (SSSR count). The van der Waals surface area contributed by atoms with Gasteiger partial charge in [0.2, 0.25) is 0 Å². The summed E-state index contributed by atoms with van der Waals surface area (Å²) in [4.78, 5) is 12.3. The summed E-state index contributed by atoms with van der Waals surface area (Å²) in [5.74, 6) is 0.765. The van der Waals surface area contributed by atoms with E-state index in [9.17, 15) is 4.79 Å². The molecular formula is C16H14BrClO2. The van der Waals surface area contributed by atoms with E-state index in [1.165, 1.54) is 0 Å². The van der Waals surface area contributed by atoms with E-state index in [4.69, 9.17) is 16.3 Å². The first-order valence-corrected chi connectivity index (χ1v) is 7.48. The fourth-order valence-corrected chi connectivity index (χ4v) is 2.67. The number of carbonyl (C=O) groups is 1. The van der Waals surface area contributed by atoms with Crippen molar-refractivity contribution in [3.63, 3.8) is 0 Å². The van der Waals surface area contributed by atoms with Gasteiger partial charge in [0.25, 0.3) is 0 Å². The Morgan fingerprint density at radius 1 is 1.25 bits per heavy atom. The van der Waals surface area contributed by atoms with Gasteiger partial charge in [-0.05, 0) is 52.7 Å². The number of ether oxygens (including phenoxy) is 1. The molecule has 0 unspecified atom stereocenters. The summed E-state index contributed by atoms with van der Waals surface area (Å²) < 4.78 is 6.13. The highest BCUT2D eigenvalue weighted by Gasteiger charge is 2.13. The van der Waals surface area contributed by atoms with E-state index in [-0.39, 0.29) is 12.2 Å². The number of ketones is 1. The Labute approximate surface area is 131 Å². The van der Waals surface area contributed by atoms with Crippen LogP contribution in [0.1, 0.15) is 22.8 Å². The molecule has 0 atom stereocenters. The van der Waals surface area contributed by atoms with Crippen molar-refractivity contribution in [1.29, 1.82) is 0 Å². The van der Waals surface area contributed by atoms with Gasteiger partial charge in [-0.1, -0.05) is 29.8 Å². The van der Waals surface area contributed by atoms with Crippen molar-refractivity contribution in [2.24, 2.45) is 0 Å². The molecule has 0 bridgehead atoms. The van der Waals surface area contributed by atoms with Crippen LogP contribution in [-0.2, 0) is 6.42 Å². The Hall–Kier alpha value is -1.32. The summed E-state index contributed by atoms with van der Waals surface area (Å²) in [5.41, 5.74) is 1.47. The number of halogens is 2. The van der Waals surface area contributed by atoms with E-state index in [1.54, 1.807) is 18.2 Å². The van der Waals surface area contributed by atoms with Crippen molar-refractivity contribution in [2.75, 3.05) is 6.61 Å². The SMILES string of the molecule is CCOc1ccc(C(=O)Cc2ccccc2Cl)c(Br)c1. The highest BCUT2D eigenvalue weighted by Crippen LogP contribution is 2.25. The quantitative estimate of drug-likeness (QED) is 0.713. The van der Waals surface area contributed by atoms with E-state index in [0.717, 1.165) is 15.8 Å². The zero-order valence-electron chi connectivity index (χ0n) is 11.0. The molecule has 2 aromatic carbocycles. The Bertz CT molecular complexity index is 626. The Balaban J connectivity index is 2.19. The zero-order valence-corrected chi connectivity index (χ0v) is 13.4. The van der Waals surface area contributed by atoms with E-state index in [1.807, 2.05) is 31.2 Å². The fraction of sp³-hybridized carbons (Fsp3) is 0.188. The van der Waals surface area contributed by atoms with Crippen molar-refractivity contribution >= 4 is 33.3 Å². The van der Waals surface area contributed by atoms with Crippen LogP contribution in [0.2, 0.25) is 5.02 Å². The third kappa shape index (κ3) is 3.62. The van der Waals surface area contributed by atoms with Crippen LogP contribution in [0.3, 0.4) is 0 Å². The summed E-state index contributed by atoms with van der Waals surface area (Å²) in [5, 5.41) is 0.614. The van der Waals surface area contributed by atoms with E-state index >= 15 is 0 Å². The van der Waals surface area contributed by atoms with Gasteiger partial charge in [0, 0.05) is 21.5 Å². The monoisotopic (exact) mass is 352 g/mol. The lowest BCUT2D eigenvalue weighted by Gasteiger charge is -2.08. The van der Waals surface area contributed by atoms with Gasteiger partial charge in [0.05, 0.1) is 6.61 Å². The Morgan fingerprint density at radius 2 is 2.00 bits per heavy atom. The van der Waals surface area contributed by atoms with Crippen LogP contribution in [0.15, 0.2) is 46.9 Å². The predicted molar refractivity (Wildman–Crippen MR) is 84.8 cm³/mol. The molecule has 2 aromatic rings. The van der Waals surface area contributed by atoms with Crippen LogP contribution in [0.25, 0.3) is 0 Å². The van der Waals surface area contributed by atoms with Crippen molar-refractivity contribution in [3.8, 4) is 5.75 Å². The first kappa shape index (κ1) is 15.1. The third-order valence-electron chi connectivity index (χ3n) is 2.86. The minimum atomic E-state index is 0.0213. The van der Waals surface area contributed by atoms with Gasteiger partial charge in [0.1, 0.15) is 5.75 Å². The maximum atomic E-state index is 12.3. The molecule has 0 aliphatic heterocycles. The number of hydrogen-bond donors (Lipinski definition) is 0. The topological polar surface area (TPSA) is 26.3 Å². The largest absolute Gasteiger partial charge is 0.494 e. The van der Waals surface area contributed by atoms with Gasteiger partial charge >= 0.3 is 0 Å². The molecule has 20 heavy (non-hydrogen) atoms. The van der Waals surface area contributed by atoms with Crippen LogP contribution in [0.4, 0.5) is 0 Å². The average molecular weight is 354 g/mol. The van der Waals surface area contributed by atoms with Crippen molar-refractivity contribution < 1.29 is 9.53 Å². The van der Waals surface area contributed by atoms with E-state index < -0.39 is 0 Å². The summed E-state index contributed by atoms with van der Waals surface area (Å²) >= 11 is 9.49. The Kier molecular flexibility index (Phi) is 5.21. The Morgan fingerprint density at radius 3 is 2.65 bits per heavy atom. The van der Waals surface area contributed by atoms with Crippen LogP contribution in [-0.4, -0.2) is 12.4 Å². The van der Waals surface area contributed by atoms with Gasteiger partial charge in [-0.25, -0.2) is 0 Å². The average Bonchev–Trinajstić information content (AvgIpc) is 2.42. The highest BCUT2D eigenvalue weighted by atomic mass is 79.9. The maximum Gasteiger partial charge on any atom is 0.168 e. The molecule has 0 aliphatic rings. The maximum absolute atomic E-state index is 12.3. The summed E-state index contributed by atoms with van der Waals surface area (Å²) in [6.07, 6.45) is 0.284. The third-order valence-corrected chi connectivity index (χ3v) is 3.89. The molecule has 104 valence electrons. The summed E-state index contributed by atoms with van der Waals surface area (Å²) in [6.45, 7) is 2.52. The molecule has 0 aliphatic carbocycles. The molecule has 0 amide bonds. The van der Waals surface area contributed by atoms with Crippen molar-refractivity contribution in [1.82, 2.24) is 0 Å². The molecule has 0 aromatic heterocycles. The number of hydrogen-bond acceptors (Lipinski definition) is 2. The normalized spacial score (nSPS) is 10.3. The number of Topliss-reactive ketones (excluding diaryl/α,β-unsaturated/α-hetero) is 1. The minimum absolute atomic E-state index is 0.0213. The van der Waals surface area contributed by atoms with Gasteiger partial charge in [-0.3, -0.25) is 4.79 Å². The molecular weight excluding hydrogens is 340 g/mol. The lowest BCUT2D eigenvalue weighted by atomic mass is 10.0. The fourth-order valence-electron chi connectivity index (χ4n) is 1.89. The highest BCUT2D eigenvalue weighted by molar-refractivity contribution is 9.10. The molecule has 2 nitrogen and oxygen atoms in total. The van der Waals surface area contributed by atoms with Gasteiger partial charge in [0.15, 0.2) is 5.78 Å². The first-order chi connectivity index (χ1) is 9.61. The molecule has 0 saturated heterocycles. The van der Waals surface area contributed by atoms with E-state index in [2.05, 4.69) is 15.9 Å². The minimum Gasteiger partial charge on any atom is -0.494 e. The molecule has 4 heteroatoms.